The van der Waals surface area contributed by atoms with Crippen LogP contribution in [0.4, 0.5) is 0 Å². The molecule has 1 aliphatic heterocycles. The van der Waals surface area contributed by atoms with Crippen molar-refractivity contribution >= 4 is 6.29 Å². The molecular weight excluding hydrogens is 190 g/mol. The minimum Gasteiger partial charge on any atom is -0.394 e. The van der Waals surface area contributed by atoms with Gasteiger partial charge in [-0.3, -0.25) is 4.79 Å². The van der Waals surface area contributed by atoms with Gasteiger partial charge in [0.25, 0.3) is 0 Å². The summed E-state index contributed by atoms with van der Waals surface area (Å²) in [5.41, 5.74) is 0. The molecule has 4 atom stereocenters. The van der Waals surface area contributed by atoms with Gasteiger partial charge in [0.1, 0.15) is 24.6 Å². The average molecular weight is 203 g/mol. The minimum absolute atomic E-state index is 0.367. The lowest BCUT2D eigenvalue weighted by atomic mass is 10.1. The second kappa shape index (κ2) is 5.06. The second-order valence-corrected chi connectivity index (χ2v) is 2.92. The van der Waals surface area contributed by atoms with Crippen LogP contribution in [0.5, 0.6) is 0 Å². The highest BCUT2D eigenvalue weighted by Crippen LogP contribution is 2.18. The van der Waals surface area contributed by atoms with E-state index in [0.29, 0.717) is 6.29 Å². The van der Waals surface area contributed by atoms with Crippen LogP contribution in [-0.4, -0.2) is 52.8 Å². The normalized spacial score (nSPS) is 37.6. The van der Waals surface area contributed by atoms with E-state index in [0.717, 1.165) is 0 Å². The highest BCUT2D eigenvalue weighted by atomic mass is 16.6. The molecule has 0 radical (unpaired) electrons. The first kappa shape index (κ1) is 11.1. The van der Waals surface area contributed by atoms with Crippen molar-refractivity contribution in [2.45, 2.75) is 24.5 Å². The maximum absolute atomic E-state index is 9.93. The van der Waals surface area contributed by atoms with Crippen LogP contribution in [0.2, 0.25) is 0 Å². The van der Waals surface area contributed by atoms with Gasteiger partial charge in [-0.15, -0.1) is 0 Å². The second-order valence-electron chi connectivity index (χ2n) is 2.92. The van der Waals surface area contributed by atoms with Crippen LogP contribution in [0.25, 0.3) is 0 Å². The molecule has 0 amide bonds. The summed E-state index contributed by atoms with van der Waals surface area (Å²) in [5, 5.41) is 30.0. The van der Waals surface area contributed by atoms with E-state index >= 15 is 0 Å². The maximum Gasteiger partial charge on any atom is 0.156 e. The standard InChI is InChI=1S/C8H13NO5/c10-3-1-2-9-8-7(13)6(12)5(4-11)14-8/h1-3,5-9,11-13H,4H2/b2-1-/t5-,6-,7-,8-/m1/s1. The fraction of sp³-hybridized carbons (Fsp3) is 0.625. The summed E-state index contributed by atoms with van der Waals surface area (Å²) in [5.74, 6) is 0. The van der Waals surface area contributed by atoms with Gasteiger partial charge in [-0.05, 0) is 6.08 Å². The summed E-state index contributed by atoms with van der Waals surface area (Å²) in [7, 11) is 0. The molecule has 1 fully saturated rings. The first-order valence-electron chi connectivity index (χ1n) is 4.19. The zero-order chi connectivity index (χ0) is 10.6. The van der Waals surface area contributed by atoms with E-state index in [9.17, 15) is 15.0 Å². The third kappa shape index (κ3) is 2.30. The molecule has 0 spiro atoms. The zero-order valence-corrected chi connectivity index (χ0v) is 7.41. The fourth-order valence-corrected chi connectivity index (χ4v) is 1.23. The first-order valence-corrected chi connectivity index (χ1v) is 4.19. The molecule has 6 heteroatoms. The third-order valence-electron chi connectivity index (χ3n) is 1.98. The van der Waals surface area contributed by atoms with Gasteiger partial charge < -0.3 is 25.4 Å². The Labute approximate surface area is 80.8 Å². The average Bonchev–Trinajstić information content (AvgIpc) is 2.46. The van der Waals surface area contributed by atoms with E-state index < -0.39 is 24.5 Å². The van der Waals surface area contributed by atoms with Crippen molar-refractivity contribution < 1.29 is 24.9 Å². The SMILES string of the molecule is O=C/C=C\N[C@@H]1O[C@H](CO)[C@@H](O)[C@H]1O. The molecule has 1 saturated heterocycles. The largest absolute Gasteiger partial charge is 0.394 e. The van der Waals surface area contributed by atoms with Crippen molar-refractivity contribution in [2.24, 2.45) is 0 Å². The zero-order valence-electron chi connectivity index (χ0n) is 7.41. The number of aldehydes is 1. The van der Waals surface area contributed by atoms with E-state index in [4.69, 9.17) is 9.84 Å². The van der Waals surface area contributed by atoms with Gasteiger partial charge >= 0.3 is 0 Å². The van der Waals surface area contributed by atoms with Gasteiger partial charge in [-0.2, -0.15) is 0 Å². The van der Waals surface area contributed by atoms with Crippen LogP contribution in [0.3, 0.4) is 0 Å². The molecule has 0 saturated carbocycles. The van der Waals surface area contributed by atoms with E-state index in [-0.39, 0.29) is 6.61 Å². The topological polar surface area (TPSA) is 99.0 Å². The van der Waals surface area contributed by atoms with Crippen LogP contribution in [0.15, 0.2) is 12.3 Å². The molecule has 80 valence electrons. The highest BCUT2D eigenvalue weighted by Gasteiger charge is 2.41. The lowest BCUT2D eigenvalue weighted by Crippen LogP contribution is -2.38. The Kier molecular flexibility index (Phi) is 4.02. The summed E-state index contributed by atoms with van der Waals surface area (Å²) in [6.07, 6.45) is -0.799. The molecule has 6 nitrogen and oxygen atoms in total. The van der Waals surface area contributed by atoms with Crippen molar-refractivity contribution in [1.82, 2.24) is 5.32 Å². The Bertz CT molecular complexity index is 220. The molecule has 0 aliphatic carbocycles. The van der Waals surface area contributed by atoms with Crippen molar-refractivity contribution in [3.63, 3.8) is 0 Å². The molecule has 0 aromatic carbocycles. The first-order chi connectivity index (χ1) is 6.70. The van der Waals surface area contributed by atoms with Crippen LogP contribution >= 0.6 is 0 Å². The quantitative estimate of drug-likeness (QED) is 0.304. The van der Waals surface area contributed by atoms with Crippen molar-refractivity contribution in [2.75, 3.05) is 6.61 Å². The summed E-state index contributed by atoms with van der Waals surface area (Å²) < 4.78 is 5.05. The molecule has 0 aromatic heterocycles. The third-order valence-corrected chi connectivity index (χ3v) is 1.98. The number of ether oxygens (including phenoxy) is 1. The molecular formula is C8H13NO5. The van der Waals surface area contributed by atoms with E-state index in [1.807, 2.05) is 0 Å². The van der Waals surface area contributed by atoms with Gasteiger partial charge in [0.05, 0.1) is 6.61 Å². The van der Waals surface area contributed by atoms with Gasteiger partial charge in [0.2, 0.25) is 0 Å². The van der Waals surface area contributed by atoms with Gasteiger partial charge in [0, 0.05) is 6.20 Å². The van der Waals surface area contributed by atoms with Gasteiger partial charge in [-0.1, -0.05) is 0 Å². The Morgan fingerprint density at radius 1 is 1.36 bits per heavy atom. The van der Waals surface area contributed by atoms with E-state index in [2.05, 4.69) is 5.32 Å². The molecule has 0 aromatic rings. The molecule has 4 N–H and O–H groups in total. The summed E-state index contributed by atoms with van der Waals surface area (Å²) in [4.78, 5) is 9.93. The number of hydrogen-bond donors (Lipinski definition) is 4. The fourth-order valence-electron chi connectivity index (χ4n) is 1.23. The monoisotopic (exact) mass is 203 g/mol. The predicted octanol–water partition coefficient (Wildman–Crippen LogP) is -2.27. The molecule has 1 rings (SSSR count). The van der Waals surface area contributed by atoms with Gasteiger partial charge in [0.15, 0.2) is 6.23 Å². The molecule has 1 heterocycles. The van der Waals surface area contributed by atoms with Crippen molar-refractivity contribution in [1.29, 1.82) is 0 Å². The van der Waals surface area contributed by atoms with Crippen LogP contribution in [0.1, 0.15) is 0 Å². The molecule has 0 bridgehead atoms. The number of hydrogen-bond acceptors (Lipinski definition) is 6. The Hall–Kier alpha value is -0.950. The Morgan fingerprint density at radius 2 is 2.07 bits per heavy atom. The maximum atomic E-state index is 9.93. The molecule has 14 heavy (non-hydrogen) atoms. The number of aliphatic hydroxyl groups is 3. The Morgan fingerprint density at radius 3 is 2.57 bits per heavy atom. The van der Waals surface area contributed by atoms with E-state index in [1.54, 1.807) is 0 Å². The lowest BCUT2D eigenvalue weighted by molar-refractivity contribution is -0.104. The van der Waals surface area contributed by atoms with Crippen LogP contribution in [-0.2, 0) is 9.53 Å². The number of aliphatic hydroxyl groups excluding tert-OH is 3. The van der Waals surface area contributed by atoms with Crippen LogP contribution < -0.4 is 5.32 Å². The lowest BCUT2D eigenvalue weighted by Gasteiger charge is -2.13. The highest BCUT2D eigenvalue weighted by molar-refractivity contribution is 5.64. The van der Waals surface area contributed by atoms with E-state index in [1.165, 1.54) is 12.3 Å². The Balaban J connectivity index is 2.47. The number of rotatable bonds is 4. The number of carbonyl (C=O) groups excluding carboxylic acids is 1. The molecule has 1 aliphatic rings. The van der Waals surface area contributed by atoms with Gasteiger partial charge in [-0.25, -0.2) is 0 Å². The predicted molar refractivity (Wildman–Crippen MR) is 46.1 cm³/mol. The number of allylic oxidation sites excluding steroid dienone is 1. The number of carbonyl (C=O) groups is 1. The molecule has 0 unspecified atom stereocenters. The van der Waals surface area contributed by atoms with Crippen molar-refractivity contribution in [3.8, 4) is 0 Å². The summed E-state index contributed by atoms with van der Waals surface area (Å²) in [6.45, 7) is -0.367. The summed E-state index contributed by atoms with van der Waals surface area (Å²) in [6, 6.07) is 0. The summed E-state index contributed by atoms with van der Waals surface area (Å²) >= 11 is 0. The smallest absolute Gasteiger partial charge is 0.156 e. The minimum atomic E-state index is -1.12. The number of nitrogens with one attached hydrogen (secondary N) is 1. The van der Waals surface area contributed by atoms with Crippen molar-refractivity contribution in [3.05, 3.63) is 12.3 Å². The van der Waals surface area contributed by atoms with Crippen LogP contribution in [0, 0.1) is 0 Å².